The van der Waals surface area contributed by atoms with Crippen LogP contribution in [0.1, 0.15) is 38.8 Å². The molecule has 0 aromatic heterocycles. The third-order valence-corrected chi connectivity index (χ3v) is 3.50. The summed E-state index contributed by atoms with van der Waals surface area (Å²) in [7, 11) is 0. The van der Waals surface area contributed by atoms with Gasteiger partial charge < -0.3 is 10.4 Å². The number of hydrogen-bond acceptors (Lipinski definition) is 2. The Morgan fingerprint density at radius 1 is 1.24 bits per heavy atom. The second kappa shape index (κ2) is 4.75. The van der Waals surface area contributed by atoms with Gasteiger partial charge in [0.25, 0.3) is 0 Å². The number of halogens is 1. The maximum atomic E-state index is 13.4. The molecule has 1 aromatic carbocycles. The Labute approximate surface area is 103 Å². The summed E-state index contributed by atoms with van der Waals surface area (Å²) in [6.07, 6.45) is 0. The van der Waals surface area contributed by atoms with Crippen LogP contribution in [0.15, 0.2) is 18.2 Å². The van der Waals surface area contributed by atoms with Gasteiger partial charge in [-0.2, -0.15) is 0 Å². The number of nitrogens with one attached hydrogen (secondary N) is 1. The Morgan fingerprint density at radius 3 is 2.29 bits per heavy atom. The molecule has 0 aliphatic rings. The first-order valence-corrected chi connectivity index (χ1v) is 5.86. The first kappa shape index (κ1) is 14.1. The highest BCUT2D eigenvalue weighted by molar-refractivity contribution is 5.23. The summed E-state index contributed by atoms with van der Waals surface area (Å²) < 4.78 is 13.4. The number of benzene rings is 1. The SMILES string of the molecule is Cc1ccc(CNC(C)(C)C(C)(C)O)cc1F. The number of rotatable bonds is 4. The summed E-state index contributed by atoms with van der Waals surface area (Å²) in [6, 6.07) is 5.19. The van der Waals surface area contributed by atoms with Crippen molar-refractivity contribution in [2.24, 2.45) is 0 Å². The zero-order valence-corrected chi connectivity index (χ0v) is 11.3. The second-order valence-electron chi connectivity index (χ2n) is 5.62. The van der Waals surface area contributed by atoms with Gasteiger partial charge in [0.15, 0.2) is 0 Å². The highest BCUT2D eigenvalue weighted by Crippen LogP contribution is 2.21. The first-order chi connectivity index (χ1) is 7.63. The predicted octanol–water partition coefficient (Wildman–Crippen LogP) is 2.77. The van der Waals surface area contributed by atoms with Gasteiger partial charge >= 0.3 is 0 Å². The third-order valence-electron chi connectivity index (χ3n) is 3.50. The molecule has 96 valence electrons. The highest BCUT2D eigenvalue weighted by Gasteiger charge is 2.34. The Morgan fingerprint density at radius 2 is 1.82 bits per heavy atom. The van der Waals surface area contributed by atoms with E-state index >= 15 is 0 Å². The Kier molecular flexibility index (Phi) is 3.95. The van der Waals surface area contributed by atoms with Crippen LogP contribution in [-0.4, -0.2) is 16.2 Å². The van der Waals surface area contributed by atoms with Crippen molar-refractivity contribution in [1.29, 1.82) is 0 Å². The molecule has 2 nitrogen and oxygen atoms in total. The smallest absolute Gasteiger partial charge is 0.126 e. The molecule has 1 rings (SSSR count). The van der Waals surface area contributed by atoms with Gasteiger partial charge in [-0.25, -0.2) is 4.39 Å². The van der Waals surface area contributed by atoms with Crippen molar-refractivity contribution in [2.45, 2.75) is 52.3 Å². The topological polar surface area (TPSA) is 32.3 Å². The lowest BCUT2D eigenvalue weighted by Gasteiger charge is -2.38. The van der Waals surface area contributed by atoms with E-state index in [4.69, 9.17) is 0 Å². The summed E-state index contributed by atoms with van der Waals surface area (Å²) in [5.41, 5.74) is 0.255. The minimum Gasteiger partial charge on any atom is -0.389 e. The van der Waals surface area contributed by atoms with Crippen LogP contribution in [0.4, 0.5) is 4.39 Å². The number of hydrogen-bond donors (Lipinski definition) is 2. The van der Waals surface area contributed by atoms with Crippen molar-refractivity contribution >= 4 is 0 Å². The van der Waals surface area contributed by atoms with E-state index in [9.17, 15) is 9.50 Å². The van der Waals surface area contributed by atoms with Crippen LogP contribution in [0, 0.1) is 12.7 Å². The zero-order valence-electron chi connectivity index (χ0n) is 11.3. The molecular formula is C14H22FNO. The number of aliphatic hydroxyl groups is 1. The monoisotopic (exact) mass is 239 g/mol. The van der Waals surface area contributed by atoms with Crippen LogP contribution in [0.2, 0.25) is 0 Å². The van der Waals surface area contributed by atoms with Crippen molar-refractivity contribution in [1.82, 2.24) is 5.32 Å². The fourth-order valence-corrected chi connectivity index (χ4v) is 1.29. The maximum Gasteiger partial charge on any atom is 0.126 e. The summed E-state index contributed by atoms with van der Waals surface area (Å²) in [6.45, 7) is 9.65. The third kappa shape index (κ3) is 3.51. The summed E-state index contributed by atoms with van der Waals surface area (Å²) >= 11 is 0. The van der Waals surface area contributed by atoms with E-state index in [0.29, 0.717) is 12.1 Å². The summed E-state index contributed by atoms with van der Waals surface area (Å²) in [4.78, 5) is 0. The zero-order chi connectivity index (χ0) is 13.3. The standard InChI is InChI=1S/C14H22FNO/c1-10-6-7-11(8-12(10)15)9-16-13(2,3)14(4,5)17/h6-8,16-17H,9H2,1-5H3. The molecule has 0 spiro atoms. The molecule has 1 aromatic rings. The van der Waals surface area contributed by atoms with E-state index in [1.54, 1.807) is 26.8 Å². The molecule has 0 bridgehead atoms. The lowest BCUT2D eigenvalue weighted by atomic mass is 9.86. The molecule has 17 heavy (non-hydrogen) atoms. The molecule has 0 saturated carbocycles. The quantitative estimate of drug-likeness (QED) is 0.846. The molecular weight excluding hydrogens is 217 g/mol. The molecule has 3 heteroatoms. The van der Waals surface area contributed by atoms with E-state index in [-0.39, 0.29) is 5.82 Å². The average molecular weight is 239 g/mol. The molecule has 0 aliphatic carbocycles. The fraction of sp³-hybridized carbons (Fsp3) is 0.571. The molecule has 0 fully saturated rings. The molecule has 0 atom stereocenters. The molecule has 0 heterocycles. The van der Waals surface area contributed by atoms with Gasteiger partial charge in [-0.15, -0.1) is 0 Å². The van der Waals surface area contributed by atoms with Crippen LogP contribution >= 0.6 is 0 Å². The number of aryl methyl sites for hydroxylation is 1. The molecule has 0 saturated heterocycles. The van der Waals surface area contributed by atoms with Gasteiger partial charge in [0.05, 0.1) is 5.60 Å². The second-order valence-corrected chi connectivity index (χ2v) is 5.62. The van der Waals surface area contributed by atoms with Gasteiger partial charge in [0.1, 0.15) is 5.82 Å². The minimum absolute atomic E-state index is 0.189. The molecule has 0 radical (unpaired) electrons. The molecule has 0 aliphatic heterocycles. The largest absolute Gasteiger partial charge is 0.389 e. The van der Waals surface area contributed by atoms with E-state index in [1.807, 2.05) is 19.9 Å². The van der Waals surface area contributed by atoms with Crippen molar-refractivity contribution in [2.75, 3.05) is 0 Å². The summed E-state index contributed by atoms with van der Waals surface area (Å²) in [5, 5.41) is 13.2. The average Bonchev–Trinajstić information content (AvgIpc) is 2.18. The van der Waals surface area contributed by atoms with Gasteiger partial charge in [-0.1, -0.05) is 12.1 Å². The first-order valence-electron chi connectivity index (χ1n) is 5.86. The Hall–Kier alpha value is -0.930. The predicted molar refractivity (Wildman–Crippen MR) is 68.4 cm³/mol. The van der Waals surface area contributed by atoms with Crippen molar-refractivity contribution in [3.8, 4) is 0 Å². The maximum absolute atomic E-state index is 13.4. The van der Waals surface area contributed by atoms with Crippen LogP contribution in [0.3, 0.4) is 0 Å². The molecule has 2 N–H and O–H groups in total. The fourth-order valence-electron chi connectivity index (χ4n) is 1.29. The van der Waals surface area contributed by atoms with E-state index in [2.05, 4.69) is 5.32 Å². The van der Waals surface area contributed by atoms with E-state index < -0.39 is 11.1 Å². The molecule has 0 amide bonds. The van der Waals surface area contributed by atoms with Crippen molar-refractivity contribution in [3.63, 3.8) is 0 Å². The van der Waals surface area contributed by atoms with Crippen molar-refractivity contribution < 1.29 is 9.50 Å². The molecule has 0 unspecified atom stereocenters. The van der Waals surface area contributed by atoms with Gasteiger partial charge in [0.2, 0.25) is 0 Å². The van der Waals surface area contributed by atoms with Gasteiger partial charge in [-0.05, 0) is 51.8 Å². The Bertz CT molecular complexity index is 394. The highest BCUT2D eigenvalue weighted by atomic mass is 19.1. The van der Waals surface area contributed by atoms with Crippen molar-refractivity contribution in [3.05, 3.63) is 35.1 Å². The van der Waals surface area contributed by atoms with Gasteiger partial charge in [0, 0.05) is 12.1 Å². The lowest BCUT2D eigenvalue weighted by Crippen LogP contribution is -2.55. The minimum atomic E-state index is -0.837. The van der Waals surface area contributed by atoms with E-state index in [1.165, 1.54) is 6.07 Å². The normalized spacial score (nSPS) is 12.9. The summed E-state index contributed by atoms with van der Waals surface area (Å²) in [5.74, 6) is -0.189. The lowest BCUT2D eigenvalue weighted by molar-refractivity contribution is -0.00532. The van der Waals surface area contributed by atoms with Gasteiger partial charge in [-0.3, -0.25) is 0 Å². The van der Waals surface area contributed by atoms with Crippen LogP contribution in [-0.2, 0) is 6.54 Å². The van der Waals surface area contributed by atoms with E-state index in [0.717, 1.165) is 5.56 Å². The Balaban J connectivity index is 2.71. The van der Waals surface area contributed by atoms with Crippen LogP contribution in [0.25, 0.3) is 0 Å². The van der Waals surface area contributed by atoms with Crippen LogP contribution in [0.5, 0.6) is 0 Å². The van der Waals surface area contributed by atoms with Crippen LogP contribution < -0.4 is 5.32 Å².